The number of rotatable bonds is 6. The lowest BCUT2D eigenvalue weighted by Crippen LogP contribution is -2.13. The van der Waals surface area contributed by atoms with Gasteiger partial charge in [-0.15, -0.1) is 11.3 Å². The largest absolute Gasteiger partial charge is 0.496 e. The Morgan fingerprint density at radius 3 is 2.26 bits per heavy atom. The fourth-order valence-corrected chi connectivity index (χ4v) is 3.08. The van der Waals surface area contributed by atoms with Crippen LogP contribution in [0.5, 0.6) is 17.2 Å². The first kappa shape index (κ1) is 17.1. The van der Waals surface area contributed by atoms with Crippen LogP contribution in [0.3, 0.4) is 0 Å². The number of aryl methyl sites for hydroxylation is 2. The van der Waals surface area contributed by atoms with E-state index in [-0.39, 0.29) is 5.91 Å². The fourth-order valence-electron chi connectivity index (χ4n) is 2.18. The molecule has 6 nitrogen and oxygen atoms in total. The predicted octanol–water partition coefficient (Wildman–Crippen LogP) is 3.29. The maximum atomic E-state index is 12.5. The van der Waals surface area contributed by atoms with Crippen molar-refractivity contribution in [2.45, 2.75) is 20.3 Å². The van der Waals surface area contributed by atoms with Crippen molar-refractivity contribution < 1.29 is 19.0 Å². The molecule has 0 aliphatic carbocycles. The summed E-state index contributed by atoms with van der Waals surface area (Å²) in [5.41, 5.74) is 1.35. The number of amides is 1. The Bertz CT molecular complexity index is 712. The van der Waals surface area contributed by atoms with E-state index in [1.54, 1.807) is 12.1 Å². The molecule has 0 aliphatic rings. The van der Waals surface area contributed by atoms with Crippen LogP contribution in [0.15, 0.2) is 12.1 Å². The molecule has 0 saturated heterocycles. The lowest BCUT2D eigenvalue weighted by Gasteiger charge is -2.13. The van der Waals surface area contributed by atoms with Crippen molar-refractivity contribution in [1.82, 2.24) is 4.98 Å². The van der Waals surface area contributed by atoms with E-state index < -0.39 is 0 Å². The number of carbonyl (C=O) groups is 1. The number of anilines is 1. The Hall–Kier alpha value is -2.28. The van der Waals surface area contributed by atoms with Gasteiger partial charge in [-0.05, 0) is 13.3 Å². The van der Waals surface area contributed by atoms with Crippen molar-refractivity contribution >= 4 is 22.4 Å². The third kappa shape index (κ3) is 3.56. The van der Waals surface area contributed by atoms with Crippen LogP contribution in [0.2, 0.25) is 0 Å². The summed E-state index contributed by atoms with van der Waals surface area (Å²) in [7, 11) is 4.55. The Kier molecular flexibility index (Phi) is 5.44. The number of hydrogen-bond donors (Lipinski definition) is 1. The van der Waals surface area contributed by atoms with E-state index in [9.17, 15) is 4.79 Å². The summed E-state index contributed by atoms with van der Waals surface area (Å²) < 4.78 is 15.7. The monoisotopic (exact) mass is 336 g/mol. The van der Waals surface area contributed by atoms with Crippen molar-refractivity contribution in [2.75, 3.05) is 26.6 Å². The number of benzene rings is 1. The van der Waals surface area contributed by atoms with Crippen molar-refractivity contribution in [1.29, 1.82) is 0 Å². The molecule has 7 heteroatoms. The van der Waals surface area contributed by atoms with Crippen molar-refractivity contribution in [3.63, 3.8) is 0 Å². The molecule has 1 heterocycles. The van der Waals surface area contributed by atoms with Crippen molar-refractivity contribution in [3.8, 4) is 17.2 Å². The zero-order chi connectivity index (χ0) is 17.0. The maximum absolute atomic E-state index is 12.5. The second-order valence-corrected chi connectivity index (χ2v) is 5.94. The summed E-state index contributed by atoms with van der Waals surface area (Å²) in [5, 5.41) is 3.38. The smallest absolute Gasteiger partial charge is 0.261 e. The van der Waals surface area contributed by atoms with Gasteiger partial charge in [-0.1, -0.05) is 6.92 Å². The first-order valence-corrected chi connectivity index (χ1v) is 7.93. The molecule has 0 unspecified atom stereocenters. The fraction of sp³-hybridized carbons (Fsp3) is 0.375. The highest BCUT2D eigenvalue weighted by Crippen LogP contribution is 2.35. The summed E-state index contributed by atoms with van der Waals surface area (Å²) in [4.78, 5) is 18.1. The number of methoxy groups -OCH3 is 3. The van der Waals surface area contributed by atoms with Crippen LogP contribution in [-0.4, -0.2) is 32.2 Å². The van der Waals surface area contributed by atoms with Gasteiger partial charge < -0.3 is 14.2 Å². The van der Waals surface area contributed by atoms with Crippen LogP contribution in [0.1, 0.15) is 27.9 Å². The molecule has 1 amide bonds. The van der Waals surface area contributed by atoms with Gasteiger partial charge in [0.2, 0.25) is 0 Å². The van der Waals surface area contributed by atoms with Gasteiger partial charge in [0.25, 0.3) is 5.91 Å². The van der Waals surface area contributed by atoms with Gasteiger partial charge in [-0.3, -0.25) is 10.1 Å². The molecule has 0 saturated carbocycles. The van der Waals surface area contributed by atoms with Gasteiger partial charge in [-0.2, -0.15) is 0 Å². The number of thiazole rings is 1. The Morgan fingerprint density at radius 2 is 1.74 bits per heavy atom. The summed E-state index contributed by atoms with van der Waals surface area (Å²) in [6, 6.07) is 3.21. The van der Waals surface area contributed by atoms with Gasteiger partial charge in [-0.25, -0.2) is 4.98 Å². The lowest BCUT2D eigenvalue weighted by atomic mass is 10.1. The minimum atomic E-state index is -0.306. The number of nitrogens with zero attached hydrogens (tertiary/aromatic N) is 1. The first-order chi connectivity index (χ1) is 11.0. The first-order valence-electron chi connectivity index (χ1n) is 7.11. The zero-order valence-corrected chi connectivity index (χ0v) is 14.7. The van der Waals surface area contributed by atoms with E-state index in [1.807, 2.05) is 13.8 Å². The third-order valence-electron chi connectivity index (χ3n) is 3.40. The normalized spacial score (nSPS) is 10.3. The predicted molar refractivity (Wildman–Crippen MR) is 90.3 cm³/mol. The Morgan fingerprint density at radius 1 is 1.13 bits per heavy atom. The van der Waals surface area contributed by atoms with Gasteiger partial charge >= 0.3 is 0 Å². The average molecular weight is 336 g/mol. The molecular formula is C16H20N2O4S. The summed E-state index contributed by atoms with van der Waals surface area (Å²) in [6.45, 7) is 4.02. The van der Waals surface area contributed by atoms with Gasteiger partial charge in [0.05, 0.1) is 32.6 Å². The highest BCUT2D eigenvalue weighted by molar-refractivity contribution is 7.15. The van der Waals surface area contributed by atoms with Gasteiger partial charge in [0.1, 0.15) is 5.75 Å². The van der Waals surface area contributed by atoms with E-state index in [2.05, 4.69) is 10.3 Å². The number of carbonyl (C=O) groups excluding carboxylic acids is 1. The second-order valence-electron chi connectivity index (χ2n) is 4.74. The van der Waals surface area contributed by atoms with Crippen LogP contribution < -0.4 is 19.5 Å². The van der Waals surface area contributed by atoms with Crippen molar-refractivity contribution in [2.24, 2.45) is 0 Å². The number of aromatic nitrogens is 1. The molecule has 1 N–H and O–H groups in total. The molecule has 2 rings (SSSR count). The minimum absolute atomic E-state index is 0.306. The van der Waals surface area contributed by atoms with E-state index >= 15 is 0 Å². The SMILES string of the molecule is CCc1nc(NC(=O)c2cc(OC)c(OC)cc2OC)sc1C. The molecule has 124 valence electrons. The summed E-state index contributed by atoms with van der Waals surface area (Å²) in [5.74, 6) is 1.06. The number of hydrogen-bond acceptors (Lipinski definition) is 6. The molecule has 0 aliphatic heterocycles. The molecule has 0 spiro atoms. The van der Waals surface area contributed by atoms with E-state index in [0.717, 1.165) is 17.0 Å². The molecule has 1 aromatic carbocycles. The van der Waals surface area contributed by atoms with Crippen LogP contribution in [0, 0.1) is 6.92 Å². The third-order valence-corrected chi connectivity index (χ3v) is 4.33. The molecule has 0 bridgehead atoms. The van der Waals surface area contributed by atoms with Gasteiger partial charge in [0, 0.05) is 17.0 Å². The number of nitrogens with one attached hydrogen (secondary N) is 1. The quantitative estimate of drug-likeness (QED) is 0.876. The van der Waals surface area contributed by atoms with Crippen LogP contribution >= 0.6 is 11.3 Å². The summed E-state index contributed by atoms with van der Waals surface area (Å²) >= 11 is 1.45. The molecule has 0 atom stereocenters. The van der Waals surface area contributed by atoms with Crippen molar-refractivity contribution in [3.05, 3.63) is 28.3 Å². The van der Waals surface area contributed by atoms with Crippen LogP contribution in [-0.2, 0) is 6.42 Å². The second kappa shape index (κ2) is 7.32. The van der Waals surface area contributed by atoms with Crippen LogP contribution in [0.25, 0.3) is 0 Å². The molecule has 23 heavy (non-hydrogen) atoms. The topological polar surface area (TPSA) is 69.7 Å². The average Bonchev–Trinajstić information content (AvgIpc) is 2.92. The Balaban J connectivity index is 2.33. The van der Waals surface area contributed by atoms with Crippen LogP contribution in [0.4, 0.5) is 5.13 Å². The molecule has 2 aromatic rings. The molecular weight excluding hydrogens is 316 g/mol. The standard InChI is InChI=1S/C16H20N2O4S/c1-6-11-9(2)23-16(17-11)18-15(19)10-7-13(21-4)14(22-5)8-12(10)20-3/h7-8H,6H2,1-5H3,(H,17,18,19). The highest BCUT2D eigenvalue weighted by Gasteiger charge is 2.19. The van der Waals surface area contributed by atoms with E-state index in [1.165, 1.54) is 32.7 Å². The number of ether oxygens (including phenoxy) is 3. The molecule has 0 radical (unpaired) electrons. The lowest BCUT2D eigenvalue weighted by molar-refractivity contribution is 0.102. The minimum Gasteiger partial charge on any atom is -0.496 e. The maximum Gasteiger partial charge on any atom is 0.261 e. The summed E-state index contributed by atoms with van der Waals surface area (Å²) in [6.07, 6.45) is 0.831. The van der Waals surface area contributed by atoms with E-state index in [0.29, 0.717) is 27.9 Å². The van der Waals surface area contributed by atoms with E-state index in [4.69, 9.17) is 14.2 Å². The Labute approximate surface area is 139 Å². The zero-order valence-electron chi connectivity index (χ0n) is 13.9. The van der Waals surface area contributed by atoms with Gasteiger partial charge in [0.15, 0.2) is 16.6 Å². The molecule has 0 fully saturated rings. The molecule has 1 aromatic heterocycles. The highest BCUT2D eigenvalue weighted by atomic mass is 32.1.